The highest BCUT2D eigenvalue weighted by Gasteiger charge is 2.50. The maximum Gasteiger partial charge on any atom is 0.133 e. The summed E-state index contributed by atoms with van der Waals surface area (Å²) in [5.74, 6) is -0.263. The Labute approximate surface area is 180 Å². The minimum atomic E-state index is -1.21. The van der Waals surface area contributed by atoms with Crippen LogP contribution >= 0.6 is 11.8 Å². The standard InChI is InChI=1S/C25H22FNO2S/c26-21-13-11-19(12-14-21)24-23(18-7-3-1-4-8-18)25(28,20-9-5-2-6-10-20)15-22(29-24)16-30-17-27/h1-14,22-24,28H,15-16H2. The van der Waals surface area contributed by atoms with Crippen molar-refractivity contribution in [2.24, 2.45) is 0 Å². The van der Waals surface area contributed by atoms with Crippen molar-refractivity contribution in [1.29, 1.82) is 5.26 Å². The molecule has 0 aromatic heterocycles. The Morgan fingerprint density at radius 1 is 0.967 bits per heavy atom. The van der Waals surface area contributed by atoms with E-state index in [9.17, 15) is 9.50 Å². The van der Waals surface area contributed by atoms with E-state index in [0.29, 0.717) is 12.2 Å². The van der Waals surface area contributed by atoms with E-state index in [-0.39, 0.29) is 11.9 Å². The SMILES string of the molecule is N#CSCC1CC(O)(c2ccccc2)C(c2ccccc2)C(c2ccc(F)cc2)O1. The molecule has 0 aliphatic carbocycles. The third kappa shape index (κ3) is 4.13. The molecule has 0 amide bonds. The van der Waals surface area contributed by atoms with Crippen LogP contribution in [-0.4, -0.2) is 17.0 Å². The van der Waals surface area contributed by atoms with Crippen molar-refractivity contribution in [3.63, 3.8) is 0 Å². The molecule has 4 atom stereocenters. The van der Waals surface area contributed by atoms with E-state index >= 15 is 0 Å². The molecule has 3 nitrogen and oxygen atoms in total. The monoisotopic (exact) mass is 419 g/mol. The van der Waals surface area contributed by atoms with E-state index in [2.05, 4.69) is 5.40 Å². The molecule has 0 spiro atoms. The van der Waals surface area contributed by atoms with Crippen LogP contribution in [0.2, 0.25) is 0 Å². The second kappa shape index (κ2) is 9.01. The number of nitrogens with zero attached hydrogens (tertiary/aromatic N) is 1. The van der Waals surface area contributed by atoms with Crippen molar-refractivity contribution >= 4 is 11.8 Å². The quantitative estimate of drug-likeness (QED) is 0.552. The lowest BCUT2D eigenvalue weighted by Gasteiger charge is -2.48. The maximum atomic E-state index is 13.6. The molecule has 0 saturated carbocycles. The average molecular weight is 420 g/mol. The van der Waals surface area contributed by atoms with Gasteiger partial charge < -0.3 is 9.84 Å². The first kappa shape index (κ1) is 20.6. The topological polar surface area (TPSA) is 53.2 Å². The molecular weight excluding hydrogens is 397 g/mol. The molecule has 3 aromatic carbocycles. The largest absolute Gasteiger partial charge is 0.384 e. The lowest BCUT2D eigenvalue weighted by molar-refractivity contribution is -0.161. The predicted octanol–water partition coefficient (Wildman–Crippen LogP) is 5.54. The number of ether oxygens (including phenoxy) is 1. The summed E-state index contributed by atoms with van der Waals surface area (Å²) in [5, 5.41) is 23.3. The van der Waals surface area contributed by atoms with Gasteiger partial charge in [0.05, 0.1) is 12.2 Å². The minimum absolute atomic E-state index is 0.319. The van der Waals surface area contributed by atoms with Gasteiger partial charge >= 0.3 is 0 Å². The van der Waals surface area contributed by atoms with Gasteiger partial charge in [-0.3, -0.25) is 0 Å². The summed E-state index contributed by atoms with van der Waals surface area (Å²) in [6.45, 7) is 0. The number of aliphatic hydroxyl groups is 1. The summed E-state index contributed by atoms with van der Waals surface area (Å²) in [6, 6.07) is 25.7. The highest BCUT2D eigenvalue weighted by Crippen LogP contribution is 2.53. The molecule has 3 aromatic rings. The predicted molar refractivity (Wildman–Crippen MR) is 116 cm³/mol. The zero-order valence-corrected chi connectivity index (χ0v) is 17.1. The summed E-state index contributed by atoms with van der Waals surface area (Å²) < 4.78 is 20.0. The van der Waals surface area contributed by atoms with Crippen molar-refractivity contribution in [3.05, 3.63) is 107 Å². The van der Waals surface area contributed by atoms with Gasteiger partial charge in [0, 0.05) is 18.1 Å². The molecule has 4 unspecified atom stereocenters. The van der Waals surface area contributed by atoms with Gasteiger partial charge in [-0.1, -0.05) is 72.8 Å². The van der Waals surface area contributed by atoms with Gasteiger partial charge in [-0.25, -0.2) is 4.39 Å². The number of benzene rings is 3. The van der Waals surface area contributed by atoms with Gasteiger partial charge in [0.25, 0.3) is 0 Å². The molecule has 4 rings (SSSR count). The van der Waals surface area contributed by atoms with Gasteiger partial charge in [-0.05, 0) is 40.6 Å². The zero-order valence-electron chi connectivity index (χ0n) is 16.3. The van der Waals surface area contributed by atoms with E-state index in [1.165, 1.54) is 12.1 Å². The molecule has 5 heteroatoms. The molecule has 1 N–H and O–H groups in total. The highest BCUT2D eigenvalue weighted by molar-refractivity contribution is 8.03. The van der Waals surface area contributed by atoms with E-state index < -0.39 is 17.6 Å². The summed E-state index contributed by atoms with van der Waals surface area (Å²) in [4.78, 5) is 0. The highest BCUT2D eigenvalue weighted by atomic mass is 32.2. The van der Waals surface area contributed by atoms with Gasteiger partial charge in [-0.15, -0.1) is 0 Å². The lowest BCUT2D eigenvalue weighted by atomic mass is 9.68. The third-order valence-corrected chi connectivity index (χ3v) is 6.33. The Morgan fingerprint density at radius 2 is 1.60 bits per heavy atom. The van der Waals surface area contributed by atoms with Gasteiger partial charge in [-0.2, -0.15) is 5.26 Å². The molecule has 30 heavy (non-hydrogen) atoms. The van der Waals surface area contributed by atoms with Crippen LogP contribution in [0.4, 0.5) is 4.39 Å². The molecule has 1 heterocycles. The Balaban J connectivity index is 1.86. The molecule has 1 saturated heterocycles. The maximum absolute atomic E-state index is 13.6. The van der Waals surface area contributed by atoms with Crippen molar-refractivity contribution in [2.75, 3.05) is 5.75 Å². The van der Waals surface area contributed by atoms with Crippen molar-refractivity contribution < 1.29 is 14.2 Å². The van der Waals surface area contributed by atoms with Crippen LogP contribution in [0.3, 0.4) is 0 Å². The molecule has 0 bridgehead atoms. The third-order valence-electron chi connectivity index (χ3n) is 5.66. The van der Waals surface area contributed by atoms with Crippen LogP contribution in [0.25, 0.3) is 0 Å². The van der Waals surface area contributed by atoms with E-state index in [1.54, 1.807) is 12.1 Å². The zero-order chi connectivity index (χ0) is 21.0. The number of rotatable bonds is 5. The van der Waals surface area contributed by atoms with Gasteiger partial charge in [0.2, 0.25) is 0 Å². The Hall–Kier alpha value is -2.65. The number of thioether (sulfide) groups is 1. The average Bonchev–Trinajstić information content (AvgIpc) is 2.79. The molecular formula is C25H22FNO2S. The van der Waals surface area contributed by atoms with Gasteiger partial charge in [0.15, 0.2) is 0 Å². The van der Waals surface area contributed by atoms with Crippen LogP contribution < -0.4 is 0 Å². The molecule has 1 fully saturated rings. The fourth-order valence-electron chi connectivity index (χ4n) is 4.35. The first-order valence-corrected chi connectivity index (χ1v) is 10.8. The minimum Gasteiger partial charge on any atom is -0.384 e. The molecule has 1 aliphatic heterocycles. The molecule has 1 aliphatic rings. The number of hydrogen-bond acceptors (Lipinski definition) is 4. The fraction of sp³-hybridized carbons (Fsp3) is 0.240. The first-order chi connectivity index (χ1) is 14.6. The van der Waals surface area contributed by atoms with Gasteiger partial charge in [0.1, 0.15) is 16.8 Å². The summed E-state index contributed by atoms with van der Waals surface area (Å²) in [7, 11) is 0. The fourth-order valence-corrected chi connectivity index (χ4v) is 4.80. The Bertz CT molecular complexity index is 1010. The van der Waals surface area contributed by atoms with Crippen molar-refractivity contribution in [2.45, 2.75) is 30.1 Å². The smallest absolute Gasteiger partial charge is 0.133 e. The normalized spacial score (nSPS) is 26.1. The van der Waals surface area contributed by atoms with E-state index in [4.69, 9.17) is 10.00 Å². The van der Waals surface area contributed by atoms with Crippen LogP contribution in [0.1, 0.15) is 35.1 Å². The van der Waals surface area contributed by atoms with Crippen LogP contribution in [-0.2, 0) is 10.3 Å². The summed E-state index contributed by atoms with van der Waals surface area (Å²) in [5.41, 5.74) is 1.35. The number of thiocyanates is 1. The molecule has 0 radical (unpaired) electrons. The number of halogens is 1. The van der Waals surface area contributed by atoms with Crippen LogP contribution in [0.15, 0.2) is 84.9 Å². The second-order valence-corrected chi connectivity index (χ2v) is 8.32. The Morgan fingerprint density at radius 3 is 2.23 bits per heavy atom. The van der Waals surface area contributed by atoms with Crippen molar-refractivity contribution in [3.8, 4) is 5.40 Å². The second-order valence-electron chi connectivity index (χ2n) is 7.52. The van der Waals surface area contributed by atoms with E-state index in [1.807, 2.05) is 60.7 Å². The lowest BCUT2D eigenvalue weighted by Crippen LogP contribution is -2.47. The Kier molecular flexibility index (Phi) is 6.19. The van der Waals surface area contributed by atoms with Crippen molar-refractivity contribution in [1.82, 2.24) is 0 Å². The number of nitriles is 1. The van der Waals surface area contributed by atoms with E-state index in [0.717, 1.165) is 28.5 Å². The number of hydrogen-bond donors (Lipinski definition) is 1. The summed E-state index contributed by atoms with van der Waals surface area (Å²) >= 11 is 1.12. The first-order valence-electron chi connectivity index (χ1n) is 9.86. The van der Waals surface area contributed by atoms with Crippen LogP contribution in [0, 0.1) is 16.5 Å². The molecule has 152 valence electrons. The summed E-state index contributed by atoms with van der Waals surface area (Å²) in [6.07, 6.45) is -0.450. The van der Waals surface area contributed by atoms with Crippen LogP contribution in [0.5, 0.6) is 0 Å².